The molecule has 6 heteroatoms. The molecule has 0 aromatic heterocycles. The predicted molar refractivity (Wildman–Crippen MR) is 59.3 cm³/mol. The van der Waals surface area contributed by atoms with E-state index in [1.54, 1.807) is 11.8 Å². The van der Waals surface area contributed by atoms with E-state index in [2.05, 4.69) is 0 Å². The molecule has 0 saturated heterocycles. The van der Waals surface area contributed by atoms with Crippen molar-refractivity contribution >= 4 is 23.7 Å². The molecule has 0 radical (unpaired) electrons. The van der Waals surface area contributed by atoms with Gasteiger partial charge in [-0.25, -0.2) is 0 Å². The van der Waals surface area contributed by atoms with Gasteiger partial charge in [0, 0.05) is 0 Å². The van der Waals surface area contributed by atoms with Crippen LogP contribution in [0.1, 0.15) is 12.8 Å². The zero-order valence-corrected chi connectivity index (χ0v) is 9.63. The van der Waals surface area contributed by atoms with E-state index < -0.39 is 11.9 Å². The topological polar surface area (TPSA) is 77.8 Å². The Kier molecular flexibility index (Phi) is 8.12. The molecule has 0 aliphatic carbocycles. The first-order valence-electron chi connectivity index (χ1n) is 4.71. The minimum atomic E-state index is -0.985. The van der Waals surface area contributed by atoms with Crippen LogP contribution in [-0.2, 0) is 9.59 Å². The Morgan fingerprint density at radius 3 is 2.07 bits per heavy atom. The third-order valence-electron chi connectivity index (χ3n) is 1.79. The van der Waals surface area contributed by atoms with Crippen molar-refractivity contribution < 1.29 is 19.8 Å². The Morgan fingerprint density at radius 2 is 1.67 bits per heavy atom. The summed E-state index contributed by atoms with van der Waals surface area (Å²) < 4.78 is 0. The maximum Gasteiger partial charge on any atom is 0.317 e. The molecule has 0 saturated carbocycles. The van der Waals surface area contributed by atoms with E-state index in [1.165, 1.54) is 4.90 Å². The Bertz CT molecular complexity index is 194. The largest absolute Gasteiger partial charge is 0.480 e. The van der Waals surface area contributed by atoms with Gasteiger partial charge in [0.1, 0.15) is 0 Å². The van der Waals surface area contributed by atoms with Gasteiger partial charge in [0.05, 0.1) is 13.1 Å². The molecule has 2 N–H and O–H groups in total. The number of unbranched alkanes of at least 4 members (excludes halogenated alkanes) is 1. The van der Waals surface area contributed by atoms with Crippen molar-refractivity contribution in [1.29, 1.82) is 0 Å². The fraction of sp³-hybridized carbons (Fsp3) is 0.778. The zero-order valence-electron chi connectivity index (χ0n) is 8.81. The first kappa shape index (κ1) is 14.2. The first-order chi connectivity index (χ1) is 7.06. The maximum absolute atomic E-state index is 10.4. The Morgan fingerprint density at radius 1 is 1.13 bits per heavy atom. The van der Waals surface area contributed by atoms with Crippen LogP contribution in [0.25, 0.3) is 0 Å². The van der Waals surface area contributed by atoms with Crippen LogP contribution in [0.4, 0.5) is 0 Å². The van der Waals surface area contributed by atoms with Crippen LogP contribution in [0.15, 0.2) is 0 Å². The highest BCUT2D eigenvalue weighted by Gasteiger charge is 2.12. The molecule has 0 bridgehead atoms. The summed E-state index contributed by atoms with van der Waals surface area (Å²) in [7, 11) is 0. The minimum absolute atomic E-state index is 0.203. The van der Waals surface area contributed by atoms with Gasteiger partial charge in [-0.15, -0.1) is 0 Å². The van der Waals surface area contributed by atoms with E-state index in [4.69, 9.17) is 10.2 Å². The number of aliphatic carboxylic acids is 2. The lowest BCUT2D eigenvalue weighted by atomic mass is 10.3. The second kappa shape index (κ2) is 8.55. The molecular weight excluding hydrogens is 218 g/mol. The van der Waals surface area contributed by atoms with Gasteiger partial charge in [0.25, 0.3) is 0 Å². The summed E-state index contributed by atoms with van der Waals surface area (Å²) in [5, 5.41) is 17.1. The van der Waals surface area contributed by atoms with Gasteiger partial charge < -0.3 is 10.2 Å². The normalized spacial score (nSPS) is 10.5. The molecule has 0 heterocycles. The zero-order chi connectivity index (χ0) is 11.7. The minimum Gasteiger partial charge on any atom is -0.480 e. The predicted octanol–water partition coefficient (Wildman–Crippen LogP) is 0.601. The number of thioether (sulfide) groups is 1. The van der Waals surface area contributed by atoms with Crippen LogP contribution in [0, 0.1) is 0 Å². The fourth-order valence-corrected chi connectivity index (χ4v) is 1.67. The molecule has 0 spiro atoms. The van der Waals surface area contributed by atoms with Gasteiger partial charge in [0.2, 0.25) is 0 Å². The molecule has 0 aromatic rings. The van der Waals surface area contributed by atoms with Gasteiger partial charge in [-0.1, -0.05) is 0 Å². The summed E-state index contributed by atoms with van der Waals surface area (Å²) in [6.45, 7) is 0.121. The number of nitrogens with zero attached hydrogens (tertiary/aromatic N) is 1. The molecule has 0 unspecified atom stereocenters. The highest BCUT2D eigenvalue weighted by Crippen LogP contribution is 2.01. The van der Waals surface area contributed by atoms with Gasteiger partial charge in [-0.3, -0.25) is 14.5 Å². The van der Waals surface area contributed by atoms with Crippen molar-refractivity contribution in [3.63, 3.8) is 0 Å². The molecular formula is C9H17NO4S. The second-order valence-electron chi connectivity index (χ2n) is 3.20. The van der Waals surface area contributed by atoms with Crippen LogP contribution in [0.5, 0.6) is 0 Å². The quantitative estimate of drug-likeness (QED) is 0.570. The molecule has 0 fully saturated rings. The smallest absolute Gasteiger partial charge is 0.317 e. The summed E-state index contributed by atoms with van der Waals surface area (Å²) in [5.41, 5.74) is 0. The van der Waals surface area contributed by atoms with E-state index in [1.807, 2.05) is 6.26 Å². The molecule has 0 aliphatic heterocycles. The van der Waals surface area contributed by atoms with E-state index >= 15 is 0 Å². The monoisotopic (exact) mass is 235 g/mol. The molecule has 0 aliphatic rings. The number of rotatable bonds is 9. The van der Waals surface area contributed by atoms with Crippen molar-refractivity contribution in [3.8, 4) is 0 Å². The average Bonchev–Trinajstić information content (AvgIpc) is 2.10. The lowest BCUT2D eigenvalue weighted by molar-refractivity contribution is -0.141. The Balaban J connectivity index is 3.79. The molecule has 0 amide bonds. The number of carboxylic acid groups (broad SMARTS) is 2. The number of hydrogen-bond acceptors (Lipinski definition) is 4. The van der Waals surface area contributed by atoms with Gasteiger partial charge in [0.15, 0.2) is 0 Å². The molecule has 15 heavy (non-hydrogen) atoms. The van der Waals surface area contributed by atoms with Crippen LogP contribution in [0.3, 0.4) is 0 Å². The van der Waals surface area contributed by atoms with Crippen LogP contribution >= 0.6 is 11.8 Å². The summed E-state index contributed by atoms with van der Waals surface area (Å²) in [6, 6.07) is 0. The van der Waals surface area contributed by atoms with Gasteiger partial charge in [-0.05, 0) is 31.4 Å². The number of carboxylic acids is 2. The molecule has 0 rings (SSSR count). The van der Waals surface area contributed by atoms with Crippen molar-refractivity contribution in [3.05, 3.63) is 0 Å². The average molecular weight is 235 g/mol. The van der Waals surface area contributed by atoms with E-state index in [0.29, 0.717) is 6.54 Å². The number of carbonyl (C=O) groups is 2. The molecule has 88 valence electrons. The Labute approximate surface area is 93.5 Å². The van der Waals surface area contributed by atoms with Crippen LogP contribution in [-0.4, -0.2) is 58.7 Å². The van der Waals surface area contributed by atoms with Gasteiger partial charge >= 0.3 is 11.9 Å². The standard InChI is InChI=1S/C9H17NO4S/c1-15-5-3-2-4-10(6-8(11)12)7-9(13)14/h2-7H2,1H3,(H,11,12)(H,13,14). The lowest BCUT2D eigenvalue weighted by Gasteiger charge is -2.17. The third-order valence-corrected chi connectivity index (χ3v) is 2.49. The van der Waals surface area contributed by atoms with Crippen LogP contribution in [0.2, 0.25) is 0 Å². The van der Waals surface area contributed by atoms with E-state index in [-0.39, 0.29) is 13.1 Å². The lowest BCUT2D eigenvalue weighted by Crippen LogP contribution is -2.35. The molecule has 5 nitrogen and oxygen atoms in total. The summed E-state index contributed by atoms with van der Waals surface area (Å²) in [6.07, 6.45) is 3.82. The molecule has 0 aromatic carbocycles. The van der Waals surface area contributed by atoms with E-state index in [9.17, 15) is 9.59 Å². The Hall–Kier alpha value is -0.750. The highest BCUT2D eigenvalue weighted by atomic mass is 32.2. The van der Waals surface area contributed by atoms with Crippen LogP contribution < -0.4 is 0 Å². The SMILES string of the molecule is CSCCCCN(CC(=O)O)CC(=O)O. The van der Waals surface area contributed by atoms with Crippen molar-refractivity contribution in [2.24, 2.45) is 0 Å². The summed E-state index contributed by atoms with van der Waals surface area (Å²) in [5.74, 6) is -0.948. The van der Waals surface area contributed by atoms with E-state index in [0.717, 1.165) is 18.6 Å². The van der Waals surface area contributed by atoms with Crippen molar-refractivity contribution in [1.82, 2.24) is 4.90 Å². The van der Waals surface area contributed by atoms with Crippen molar-refractivity contribution in [2.45, 2.75) is 12.8 Å². The number of hydrogen-bond donors (Lipinski definition) is 2. The van der Waals surface area contributed by atoms with Gasteiger partial charge in [-0.2, -0.15) is 11.8 Å². The maximum atomic E-state index is 10.4. The summed E-state index contributed by atoms with van der Waals surface area (Å²) >= 11 is 1.73. The molecule has 0 atom stereocenters. The third kappa shape index (κ3) is 9.55. The summed E-state index contributed by atoms with van der Waals surface area (Å²) in [4.78, 5) is 22.3. The van der Waals surface area contributed by atoms with Crippen molar-refractivity contribution in [2.75, 3.05) is 31.6 Å². The highest BCUT2D eigenvalue weighted by molar-refractivity contribution is 7.98. The second-order valence-corrected chi connectivity index (χ2v) is 4.18. The first-order valence-corrected chi connectivity index (χ1v) is 6.10. The fourth-order valence-electron chi connectivity index (χ4n) is 1.18.